The smallest absolute Gasteiger partial charge is 0.131 e. The van der Waals surface area contributed by atoms with E-state index in [1.54, 1.807) is 18.2 Å². The Morgan fingerprint density at radius 3 is 2.29 bits per heavy atom. The molecule has 0 fully saturated rings. The van der Waals surface area contributed by atoms with Crippen molar-refractivity contribution in [1.29, 1.82) is 0 Å². The van der Waals surface area contributed by atoms with E-state index in [1.807, 2.05) is 17.4 Å². The van der Waals surface area contributed by atoms with Crippen molar-refractivity contribution in [2.45, 2.75) is 6.54 Å². The molecule has 0 radical (unpaired) electrons. The van der Waals surface area contributed by atoms with E-state index in [2.05, 4.69) is 0 Å². The molecule has 0 atom stereocenters. The molecule has 0 heterocycles. The van der Waals surface area contributed by atoms with Gasteiger partial charge in [-0.15, -0.1) is 0 Å². The summed E-state index contributed by atoms with van der Waals surface area (Å²) >= 11 is 11.7. The molecule has 4 heteroatoms. The number of hydrogen-bond donors (Lipinski definition) is 1. The summed E-state index contributed by atoms with van der Waals surface area (Å²) in [6, 6.07) is 11.9. The second-order valence-electron chi connectivity index (χ2n) is 3.71. The predicted molar refractivity (Wildman–Crippen MR) is 68.2 cm³/mol. The Morgan fingerprint density at radius 2 is 1.65 bits per heavy atom. The second-order valence-corrected chi connectivity index (χ2v) is 4.52. The number of nitrogens with two attached hydrogens (primary N) is 1. The second kappa shape index (κ2) is 5.50. The molecule has 2 aromatic rings. The van der Waals surface area contributed by atoms with Crippen LogP contribution in [0.25, 0.3) is 0 Å². The number of benzene rings is 2. The Kier molecular flexibility index (Phi) is 4.00. The molecule has 0 bridgehead atoms. The first-order valence-electron chi connectivity index (χ1n) is 5.18. The summed E-state index contributed by atoms with van der Waals surface area (Å²) in [6.45, 7) is 0.734. The van der Waals surface area contributed by atoms with E-state index in [4.69, 9.17) is 23.2 Å². The Balaban J connectivity index is 2.02. The molecule has 88 valence electrons. The highest BCUT2D eigenvalue weighted by Gasteiger charge is 2.03. The van der Waals surface area contributed by atoms with Crippen LogP contribution in [0.1, 0.15) is 5.56 Å². The minimum Gasteiger partial charge on any atom is -0.310 e. The number of halogens is 3. The fourth-order valence-electron chi connectivity index (χ4n) is 1.50. The standard InChI is InChI=1S/C13H10Cl2FN/c14-12-6-5-11(7-13(12)15)17-8-9-1-3-10(16)4-2-9/h1-7,17H,8H2/p+1. The first-order chi connectivity index (χ1) is 8.15. The van der Waals surface area contributed by atoms with Crippen molar-refractivity contribution in [1.82, 2.24) is 0 Å². The van der Waals surface area contributed by atoms with Crippen molar-refractivity contribution in [2.24, 2.45) is 0 Å². The third-order valence-electron chi connectivity index (χ3n) is 2.43. The van der Waals surface area contributed by atoms with Gasteiger partial charge in [-0.2, -0.15) is 0 Å². The van der Waals surface area contributed by atoms with Gasteiger partial charge in [0.05, 0.1) is 10.0 Å². The zero-order chi connectivity index (χ0) is 12.3. The van der Waals surface area contributed by atoms with Crippen molar-refractivity contribution in [3.8, 4) is 0 Å². The van der Waals surface area contributed by atoms with E-state index in [1.165, 1.54) is 12.1 Å². The lowest BCUT2D eigenvalue weighted by molar-refractivity contribution is -0.588. The molecule has 0 aliphatic rings. The van der Waals surface area contributed by atoms with E-state index in [9.17, 15) is 4.39 Å². The average molecular weight is 271 g/mol. The lowest BCUT2D eigenvalue weighted by Crippen LogP contribution is -2.76. The van der Waals surface area contributed by atoms with Crippen molar-refractivity contribution < 1.29 is 9.71 Å². The molecule has 0 amide bonds. The molecule has 1 nitrogen and oxygen atoms in total. The Morgan fingerprint density at radius 1 is 0.941 bits per heavy atom. The summed E-state index contributed by atoms with van der Waals surface area (Å²) in [5.74, 6) is -0.219. The Bertz CT molecular complexity index is 511. The number of quaternary nitrogens is 1. The topological polar surface area (TPSA) is 16.6 Å². The zero-order valence-corrected chi connectivity index (χ0v) is 10.5. The molecule has 0 aromatic heterocycles. The van der Waals surface area contributed by atoms with Crippen LogP contribution in [-0.4, -0.2) is 0 Å². The van der Waals surface area contributed by atoms with E-state index in [0.717, 1.165) is 17.8 Å². The summed E-state index contributed by atoms with van der Waals surface area (Å²) in [6.07, 6.45) is 0. The number of hydrogen-bond acceptors (Lipinski definition) is 0. The molecule has 0 aliphatic heterocycles. The van der Waals surface area contributed by atoms with Crippen molar-refractivity contribution in [2.75, 3.05) is 0 Å². The normalized spacial score (nSPS) is 10.5. The molecule has 0 saturated heterocycles. The van der Waals surface area contributed by atoms with Crippen molar-refractivity contribution in [3.63, 3.8) is 0 Å². The van der Waals surface area contributed by atoms with Crippen LogP contribution in [-0.2, 0) is 6.54 Å². The highest BCUT2D eigenvalue weighted by atomic mass is 35.5. The monoisotopic (exact) mass is 270 g/mol. The molecule has 0 unspecified atom stereocenters. The first kappa shape index (κ1) is 12.4. The number of rotatable bonds is 3. The van der Waals surface area contributed by atoms with E-state index in [0.29, 0.717) is 10.0 Å². The van der Waals surface area contributed by atoms with Crippen LogP contribution in [0.3, 0.4) is 0 Å². The van der Waals surface area contributed by atoms with Gasteiger partial charge < -0.3 is 5.32 Å². The van der Waals surface area contributed by atoms with E-state index < -0.39 is 0 Å². The molecule has 0 saturated carbocycles. The van der Waals surface area contributed by atoms with Gasteiger partial charge in [0.25, 0.3) is 0 Å². The molecule has 17 heavy (non-hydrogen) atoms. The molecular formula is C13H11Cl2FN+. The summed E-state index contributed by atoms with van der Waals surface area (Å²) < 4.78 is 12.7. The van der Waals surface area contributed by atoms with Crippen LogP contribution in [0.5, 0.6) is 0 Å². The largest absolute Gasteiger partial charge is 0.310 e. The zero-order valence-electron chi connectivity index (χ0n) is 8.96. The third-order valence-corrected chi connectivity index (χ3v) is 3.17. The van der Waals surface area contributed by atoms with Gasteiger partial charge in [-0.05, 0) is 18.2 Å². The summed E-state index contributed by atoms with van der Waals surface area (Å²) in [7, 11) is 0. The Hall–Kier alpha value is -1.09. The van der Waals surface area contributed by atoms with Gasteiger partial charge >= 0.3 is 0 Å². The van der Waals surface area contributed by atoms with Gasteiger partial charge in [0, 0.05) is 17.7 Å². The SMILES string of the molecule is Fc1ccc(C[NH2+]c2ccc(Cl)c(Cl)c2)cc1. The van der Waals surface area contributed by atoms with Gasteiger partial charge in [0.15, 0.2) is 0 Å². The minimum atomic E-state index is -0.219. The van der Waals surface area contributed by atoms with Crippen LogP contribution >= 0.6 is 23.2 Å². The minimum absolute atomic E-state index is 0.219. The van der Waals surface area contributed by atoms with Crippen LogP contribution in [0, 0.1) is 5.82 Å². The maximum Gasteiger partial charge on any atom is 0.131 e. The van der Waals surface area contributed by atoms with Gasteiger partial charge in [0.1, 0.15) is 18.0 Å². The lowest BCUT2D eigenvalue weighted by atomic mass is 10.2. The molecule has 2 aromatic carbocycles. The van der Waals surface area contributed by atoms with Crippen LogP contribution in [0.15, 0.2) is 42.5 Å². The maximum atomic E-state index is 12.7. The quantitative estimate of drug-likeness (QED) is 0.822. The third kappa shape index (κ3) is 3.43. The summed E-state index contributed by atoms with van der Waals surface area (Å²) in [5, 5.41) is 3.11. The Labute approximate surface area is 109 Å². The maximum absolute atomic E-state index is 12.7. The van der Waals surface area contributed by atoms with E-state index >= 15 is 0 Å². The van der Waals surface area contributed by atoms with Crippen LogP contribution in [0.4, 0.5) is 10.1 Å². The van der Waals surface area contributed by atoms with Gasteiger partial charge in [-0.1, -0.05) is 35.3 Å². The van der Waals surface area contributed by atoms with Crippen LogP contribution < -0.4 is 5.32 Å². The van der Waals surface area contributed by atoms with Gasteiger partial charge in [-0.3, -0.25) is 0 Å². The highest BCUT2D eigenvalue weighted by Crippen LogP contribution is 2.22. The van der Waals surface area contributed by atoms with Crippen LogP contribution in [0.2, 0.25) is 10.0 Å². The molecule has 2 N–H and O–H groups in total. The van der Waals surface area contributed by atoms with Gasteiger partial charge in [0.2, 0.25) is 0 Å². The highest BCUT2D eigenvalue weighted by molar-refractivity contribution is 6.42. The van der Waals surface area contributed by atoms with Crippen molar-refractivity contribution in [3.05, 3.63) is 63.9 Å². The lowest BCUT2D eigenvalue weighted by Gasteiger charge is -2.02. The molecule has 0 aliphatic carbocycles. The van der Waals surface area contributed by atoms with Crippen molar-refractivity contribution >= 4 is 28.9 Å². The molecular weight excluding hydrogens is 260 g/mol. The fourth-order valence-corrected chi connectivity index (χ4v) is 1.80. The molecule has 0 spiro atoms. The predicted octanol–water partition coefficient (Wildman–Crippen LogP) is 3.53. The molecule has 2 rings (SSSR count). The average Bonchev–Trinajstić information content (AvgIpc) is 2.33. The first-order valence-corrected chi connectivity index (χ1v) is 5.93. The van der Waals surface area contributed by atoms with E-state index in [-0.39, 0.29) is 5.82 Å². The summed E-state index contributed by atoms with van der Waals surface area (Å²) in [4.78, 5) is 0. The fraction of sp³-hybridized carbons (Fsp3) is 0.0769. The summed E-state index contributed by atoms with van der Waals surface area (Å²) in [5.41, 5.74) is 2.06. The van der Waals surface area contributed by atoms with Gasteiger partial charge in [-0.25, -0.2) is 4.39 Å².